The Morgan fingerprint density at radius 3 is 3.00 bits per heavy atom. The molecular weight excluding hydrogens is 194 g/mol. The highest BCUT2D eigenvalue weighted by Gasteiger charge is 2.00. The summed E-state index contributed by atoms with van der Waals surface area (Å²) in [5.41, 5.74) is 6.63. The number of nitrogens with two attached hydrogens (primary N) is 1. The molecule has 3 nitrogen and oxygen atoms in total. The molecule has 0 spiro atoms. The molecule has 4 heteroatoms. The number of nitrogens with zero attached hydrogens (tertiary/aromatic N) is 2. The Labute approximate surface area is 89.9 Å². The first-order valence-electron chi connectivity index (χ1n) is 4.54. The van der Waals surface area contributed by atoms with Crippen LogP contribution in [0.2, 0.25) is 0 Å². The molecule has 1 aromatic heterocycles. The zero-order valence-electron chi connectivity index (χ0n) is 8.31. The summed E-state index contributed by atoms with van der Waals surface area (Å²) in [6.45, 7) is 1.78. The molecule has 1 rings (SSSR count). The number of aromatic nitrogens is 1. The fourth-order valence-electron chi connectivity index (χ4n) is 1.18. The summed E-state index contributed by atoms with van der Waals surface area (Å²) in [5, 5.41) is 0. The van der Waals surface area contributed by atoms with Crippen molar-refractivity contribution < 1.29 is 0 Å². The Morgan fingerprint density at radius 1 is 1.64 bits per heavy atom. The molecule has 0 amide bonds. The van der Waals surface area contributed by atoms with Crippen molar-refractivity contribution in [1.29, 1.82) is 0 Å². The van der Waals surface area contributed by atoms with Crippen LogP contribution in [-0.4, -0.2) is 28.5 Å². The molecule has 14 heavy (non-hydrogen) atoms. The van der Waals surface area contributed by atoms with E-state index in [1.54, 1.807) is 6.20 Å². The van der Waals surface area contributed by atoms with Crippen molar-refractivity contribution in [3.63, 3.8) is 0 Å². The van der Waals surface area contributed by atoms with Gasteiger partial charge in [0.15, 0.2) is 0 Å². The predicted octanol–water partition coefficient (Wildman–Crippen LogP) is 1.19. The van der Waals surface area contributed by atoms with E-state index in [4.69, 9.17) is 18.0 Å². The van der Waals surface area contributed by atoms with Gasteiger partial charge < -0.3 is 10.6 Å². The minimum absolute atomic E-state index is 0.572. The van der Waals surface area contributed by atoms with E-state index < -0.39 is 0 Å². The van der Waals surface area contributed by atoms with E-state index in [0.717, 1.165) is 19.5 Å². The van der Waals surface area contributed by atoms with Gasteiger partial charge in [0, 0.05) is 31.9 Å². The van der Waals surface area contributed by atoms with Gasteiger partial charge in [-0.2, -0.15) is 0 Å². The van der Waals surface area contributed by atoms with E-state index in [1.165, 1.54) is 5.56 Å². The van der Waals surface area contributed by atoms with Crippen molar-refractivity contribution in [2.45, 2.75) is 13.0 Å². The smallest absolute Gasteiger partial charge is 0.0740 e. The summed E-state index contributed by atoms with van der Waals surface area (Å²) in [7, 11) is 2.05. The summed E-state index contributed by atoms with van der Waals surface area (Å²) in [4.78, 5) is 6.80. The molecule has 0 saturated heterocycles. The Bertz CT molecular complexity index is 287. The lowest BCUT2D eigenvalue weighted by Gasteiger charge is -2.15. The number of hydrogen-bond acceptors (Lipinski definition) is 3. The second-order valence-corrected chi connectivity index (χ2v) is 3.84. The lowest BCUT2D eigenvalue weighted by molar-refractivity contribution is 0.337. The van der Waals surface area contributed by atoms with Crippen LogP contribution in [0.25, 0.3) is 0 Å². The highest BCUT2D eigenvalue weighted by Crippen LogP contribution is 2.00. The van der Waals surface area contributed by atoms with Gasteiger partial charge in [-0.15, -0.1) is 0 Å². The molecule has 0 saturated carbocycles. The fourth-order valence-corrected chi connectivity index (χ4v) is 1.27. The minimum Gasteiger partial charge on any atom is -0.393 e. The Morgan fingerprint density at radius 2 is 2.43 bits per heavy atom. The average Bonchev–Trinajstić information content (AvgIpc) is 2.16. The van der Waals surface area contributed by atoms with Crippen LogP contribution in [0.4, 0.5) is 0 Å². The number of rotatable bonds is 5. The van der Waals surface area contributed by atoms with Gasteiger partial charge in [0.1, 0.15) is 0 Å². The van der Waals surface area contributed by atoms with E-state index in [1.807, 2.05) is 19.3 Å². The van der Waals surface area contributed by atoms with Gasteiger partial charge in [-0.3, -0.25) is 4.98 Å². The van der Waals surface area contributed by atoms with Crippen molar-refractivity contribution in [3.8, 4) is 0 Å². The Kier molecular flexibility index (Phi) is 4.49. The summed E-state index contributed by atoms with van der Waals surface area (Å²) in [6.07, 6.45) is 4.42. The van der Waals surface area contributed by atoms with Crippen LogP contribution in [0, 0.1) is 0 Å². The van der Waals surface area contributed by atoms with Crippen LogP contribution in [0.1, 0.15) is 12.0 Å². The summed E-state index contributed by atoms with van der Waals surface area (Å²) in [6, 6.07) is 4.00. The molecule has 1 aromatic rings. The maximum Gasteiger partial charge on any atom is 0.0740 e. The maximum absolute atomic E-state index is 5.43. The first-order valence-corrected chi connectivity index (χ1v) is 4.95. The van der Waals surface area contributed by atoms with Gasteiger partial charge in [-0.25, -0.2) is 0 Å². The molecule has 0 aliphatic heterocycles. The monoisotopic (exact) mass is 209 g/mol. The second-order valence-electron chi connectivity index (χ2n) is 3.32. The molecule has 0 aliphatic carbocycles. The first kappa shape index (κ1) is 11.1. The summed E-state index contributed by atoms with van der Waals surface area (Å²) >= 11 is 4.82. The van der Waals surface area contributed by atoms with Gasteiger partial charge in [0.25, 0.3) is 0 Å². The SMILES string of the molecule is CN(CCC(N)=S)Cc1cccnc1. The molecule has 0 atom stereocenters. The van der Waals surface area contributed by atoms with Crippen molar-refractivity contribution in [3.05, 3.63) is 30.1 Å². The molecule has 1 heterocycles. The lowest BCUT2D eigenvalue weighted by Crippen LogP contribution is -2.23. The highest BCUT2D eigenvalue weighted by atomic mass is 32.1. The van der Waals surface area contributed by atoms with Crippen LogP contribution in [-0.2, 0) is 6.54 Å². The number of thiocarbonyl (C=S) groups is 1. The van der Waals surface area contributed by atoms with Crippen LogP contribution in [0.5, 0.6) is 0 Å². The van der Waals surface area contributed by atoms with E-state index in [9.17, 15) is 0 Å². The zero-order valence-corrected chi connectivity index (χ0v) is 9.13. The van der Waals surface area contributed by atoms with Gasteiger partial charge in [-0.1, -0.05) is 18.3 Å². The molecule has 0 aromatic carbocycles. The number of pyridine rings is 1. The van der Waals surface area contributed by atoms with Crippen LogP contribution in [0.15, 0.2) is 24.5 Å². The largest absolute Gasteiger partial charge is 0.393 e. The van der Waals surface area contributed by atoms with Crippen LogP contribution < -0.4 is 5.73 Å². The standard InChI is InChI=1S/C10H15N3S/c1-13(6-4-10(11)14)8-9-3-2-5-12-7-9/h2-3,5,7H,4,6,8H2,1H3,(H2,11,14). The molecule has 0 fully saturated rings. The summed E-state index contributed by atoms with van der Waals surface area (Å²) in [5.74, 6) is 0. The average molecular weight is 209 g/mol. The summed E-state index contributed by atoms with van der Waals surface area (Å²) < 4.78 is 0. The van der Waals surface area contributed by atoms with Crippen molar-refractivity contribution in [2.75, 3.05) is 13.6 Å². The third-order valence-corrected chi connectivity index (χ3v) is 2.12. The zero-order chi connectivity index (χ0) is 10.4. The van der Waals surface area contributed by atoms with Gasteiger partial charge in [-0.05, 0) is 18.7 Å². The third kappa shape index (κ3) is 4.30. The molecule has 0 aliphatic rings. The third-order valence-electron chi connectivity index (χ3n) is 1.92. The Balaban J connectivity index is 2.34. The van der Waals surface area contributed by atoms with Crippen LogP contribution >= 0.6 is 12.2 Å². The molecule has 0 unspecified atom stereocenters. The second kappa shape index (κ2) is 5.67. The maximum atomic E-state index is 5.43. The van der Waals surface area contributed by atoms with Gasteiger partial charge in [0.2, 0.25) is 0 Å². The highest BCUT2D eigenvalue weighted by molar-refractivity contribution is 7.80. The van der Waals surface area contributed by atoms with Crippen molar-refractivity contribution in [1.82, 2.24) is 9.88 Å². The van der Waals surface area contributed by atoms with Gasteiger partial charge >= 0.3 is 0 Å². The van der Waals surface area contributed by atoms with Crippen molar-refractivity contribution in [2.24, 2.45) is 5.73 Å². The van der Waals surface area contributed by atoms with E-state index in [2.05, 4.69) is 16.0 Å². The van der Waals surface area contributed by atoms with Crippen LogP contribution in [0.3, 0.4) is 0 Å². The van der Waals surface area contributed by atoms with E-state index in [-0.39, 0.29) is 0 Å². The first-order chi connectivity index (χ1) is 6.68. The fraction of sp³-hybridized carbons (Fsp3) is 0.400. The molecule has 2 N–H and O–H groups in total. The quantitative estimate of drug-likeness (QED) is 0.740. The molecular formula is C10H15N3S. The molecule has 76 valence electrons. The number of hydrogen-bond donors (Lipinski definition) is 1. The topological polar surface area (TPSA) is 42.1 Å². The normalized spacial score (nSPS) is 10.4. The lowest BCUT2D eigenvalue weighted by atomic mass is 10.2. The molecule has 0 bridgehead atoms. The van der Waals surface area contributed by atoms with E-state index >= 15 is 0 Å². The Hall–Kier alpha value is -1.00. The van der Waals surface area contributed by atoms with Crippen molar-refractivity contribution >= 4 is 17.2 Å². The van der Waals surface area contributed by atoms with E-state index in [0.29, 0.717) is 4.99 Å². The molecule has 0 radical (unpaired) electrons. The minimum atomic E-state index is 0.572. The predicted molar refractivity (Wildman–Crippen MR) is 62.0 cm³/mol. The van der Waals surface area contributed by atoms with Gasteiger partial charge in [0.05, 0.1) is 4.99 Å².